The molecular formula is C10H16ClNO. The van der Waals surface area contributed by atoms with Gasteiger partial charge in [0.1, 0.15) is 5.75 Å². The number of phenols is 1. The molecule has 0 radical (unpaired) electrons. The molecule has 0 atom stereocenters. The summed E-state index contributed by atoms with van der Waals surface area (Å²) in [5, 5.41) is 9.52. The van der Waals surface area contributed by atoms with Crippen LogP contribution in [0.25, 0.3) is 0 Å². The molecule has 3 N–H and O–H groups in total. The molecule has 13 heavy (non-hydrogen) atoms. The first kappa shape index (κ1) is 12.1. The number of rotatable bonds is 0. The lowest BCUT2D eigenvalue weighted by molar-refractivity contribution is 0.447. The van der Waals surface area contributed by atoms with Gasteiger partial charge in [-0.1, -0.05) is 20.8 Å². The highest BCUT2D eigenvalue weighted by molar-refractivity contribution is 5.85. The topological polar surface area (TPSA) is 46.2 Å². The number of nitrogen functional groups attached to an aromatic ring is 1. The van der Waals surface area contributed by atoms with Crippen LogP contribution in [-0.2, 0) is 5.41 Å². The minimum Gasteiger partial charge on any atom is -0.508 e. The molecule has 0 aliphatic rings. The van der Waals surface area contributed by atoms with E-state index in [1.165, 1.54) is 0 Å². The average molecular weight is 202 g/mol. The third-order valence-corrected chi connectivity index (χ3v) is 1.83. The van der Waals surface area contributed by atoms with Gasteiger partial charge in [0.05, 0.1) is 0 Å². The van der Waals surface area contributed by atoms with Gasteiger partial charge in [0.15, 0.2) is 0 Å². The largest absolute Gasteiger partial charge is 0.508 e. The van der Waals surface area contributed by atoms with Crippen molar-refractivity contribution < 1.29 is 5.11 Å². The van der Waals surface area contributed by atoms with Crippen molar-refractivity contribution in [2.24, 2.45) is 0 Å². The van der Waals surface area contributed by atoms with E-state index >= 15 is 0 Å². The van der Waals surface area contributed by atoms with E-state index in [1.54, 1.807) is 12.1 Å². The average Bonchev–Trinajstić information content (AvgIpc) is 1.92. The first-order chi connectivity index (χ1) is 5.41. The fourth-order valence-electron chi connectivity index (χ4n) is 1.15. The van der Waals surface area contributed by atoms with Crippen LogP contribution in [0.4, 0.5) is 5.69 Å². The highest BCUT2D eigenvalue weighted by Crippen LogP contribution is 2.31. The number of anilines is 1. The second kappa shape index (κ2) is 3.88. The van der Waals surface area contributed by atoms with Crippen LogP contribution >= 0.6 is 12.4 Å². The molecule has 0 saturated carbocycles. The Hall–Kier alpha value is -0.890. The zero-order valence-corrected chi connectivity index (χ0v) is 8.98. The van der Waals surface area contributed by atoms with Crippen LogP contribution in [0.15, 0.2) is 18.2 Å². The van der Waals surface area contributed by atoms with E-state index in [0.717, 1.165) is 5.56 Å². The van der Waals surface area contributed by atoms with Crippen molar-refractivity contribution >= 4 is 18.1 Å². The normalized spacial score (nSPS) is 10.7. The SMILES string of the molecule is CC(C)(C)c1cc(N)ccc1O.Cl. The van der Waals surface area contributed by atoms with Crippen molar-refractivity contribution in [3.8, 4) is 5.75 Å². The summed E-state index contributed by atoms with van der Waals surface area (Å²) in [6, 6.07) is 5.15. The van der Waals surface area contributed by atoms with Crippen molar-refractivity contribution in [2.45, 2.75) is 26.2 Å². The molecule has 1 aromatic carbocycles. The van der Waals surface area contributed by atoms with Gasteiger partial charge < -0.3 is 10.8 Å². The van der Waals surface area contributed by atoms with Crippen LogP contribution in [-0.4, -0.2) is 5.11 Å². The van der Waals surface area contributed by atoms with Gasteiger partial charge in [-0.25, -0.2) is 0 Å². The Bertz CT molecular complexity index is 291. The maximum atomic E-state index is 9.52. The Kier molecular flexibility index (Phi) is 3.61. The lowest BCUT2D eigenvalue weighted by atomic mass is 9.86. The maximum absolute atomic E-state index is 9.52. The fourth-order valence-corrected chi connectivity index (χ4v) is 1.15. The smallest absolute Gasteiger partial charge is 0.119 e. The molecule has 2 nitrogen and oxygen atoms in total. The molecule has 74 valence electrons. The molecule has 0 aliphatic carbocycles. The fraction of sp³-hybridized carbons (Fsp3) is 0.400. The summed E-state index contributed by atoms with van der Waals surface area (Å²) in [5.41, 5.74) is 7.14. The zero-order chi connectivity index (χ0) is 9.35. The number of phenolic OH excluding ortho intramolecular Hbond substituents is 1. The second-order valence-corrected chi connectivity index (χ2v) is 4.03. The predicted octanol–water partition coefficient (Wildman–Crippen LogP) is 2.69. The van der Waals surface area contributed by atoms with E-state index in [0.29, 0.717) is 11.4 Å². The van der Waals surface area contributed by atoms with Crippen LogP contribution in [0.2, 0.25) is 0 Å². The van der Waals surface area contributed by atoms with E-state index < -0.39 is 0 Å². The van der Waals surface area contributed by atoms with Crippen LogP contribution in [0, 0.1) is 0 Å². The number of halogens is 1. The number of nitrogens with two attached hydrogens (primary N) is 1. The van der Waals surface area contributed by atoms with Crippen molar-refractivity contribution in [3.05, 3.63) is 23.8 Å². The molecule has 0 aromatic heterocycles. The Balaban J connectivity index is 0.00000144. The molecule has 1 rings (SSSR count). The van der Waals surface area contributed by atoms with Crippen LogP contribution < -0.4 is 5.73 Å². The Morgan fingerprint density at radius 3 is 2.15 bits per heavy atom. The number of hydrogen-bond donors (Lipinski definition) is 2. The van der Waals surface area contributed by atoms with Gasteiger partial charge in [0, 0.05) is 11.3 Å². The quantitative estimate of drug-likeness (QED) is 0.501. The van der Waals surface area contributed by atoms with Gasteiger partial charge in [-0.3, -0.25) is 0 Å². The lowest BCUT2D eigenvalue weighted by Crippen LogP contribution is -2.11. The maximum Gasteiger partial charge on any atom is 0.119 e. The van der Waals surface area contributed by atoms with Crippen LogP contribution in [0.3, 0.4) is 0 Å². The third kappa shape index (κ3) is 2.81. The van der Waals surface area contributed by atoms with Gasteiger partial charge in [-0.05, 0) is 23.6 Å². The number of aromatic hydroxyl groups is 1. The zero-order valence-electron chi connectivity index (χ0n) is 8.16. The Morgan fingerprint density at radius 1 is 1.23 bits per heavy atom. The van der Waals surface area contributed by atoms with Crippen LogP contribution in [0.5, 0.6) is 5.75 Å². The minimum absolute atomic E-state index is 0. The molecule has 0 heterocycles. The molecule has 0 bridgehead atoms. The summed E-state index contributed by atoms with van der Waals surface area (Å²) >= 11 is 0. The summed E-state index contributed by atoms with van der Waals surface area (Å²) in [6.07, 6.45) is 0. The first-order valence-electron chi connectivity index (χ1n) is 4.00. The van der Waals surface area contributed by atoms with Crippen molar-refractivity contribution in [1.29, 1.82) is 0 Å². The Labute approximate surface area is 85.2 Å². The molecule has 0 amide bonds. The molecule has 1 aromatic rings. The summed E-state index contributed by atoms with van der Waals surface area (Å²) in [7, 11) is 0. The van der Waals surface area contributed by atoms with Gasteiger partial charge in [0.2, 0.25) is 0 Å². The number of hydrogen-bond acceptors (Lipinski definition) is 2. The molecule has 0 aliphatic heterocycles. The third-order valence-electron chi connectivity index (χ3n) is 1.83. The van der Waals surface area contributed by atoms with Crippen LogP contribution in [0.1, 0.15) is 26.3 Å². The molecule has 0 spiro atoms. The van der Waals surface area contributed by atoms with Gasteiger partial charge in [-0.2, -0.15) is 0 Å². The monoisotopic (exact) mass is 201 g/mol. The standard InChI is InChI=1S/C10H15NO.ClH/c1-10(2,3)8-6-7(11)4-5-9(8)12;/h4-6,12H,11H2,1-3H3;1H. The summed E-state index contributed by atoms with van der Waals surface area (Å²) in [4.78, 5) is 0. The van der Waals surface area contributed by atoms with E-state index in [-0.39, 0.29) is 17.8 Å². The molecule has 0 unspecified atom stereocenters. The Morgan fingerprint density at radius 2 is 1.77 bits per heavy atom. The van der Waals surface area contributed by atoms with E-state index in [1.807, 2.05) is 26.8 Å². The highest BCUT2D eigenvalue weighted by atomic mass is 35.5. The predicted molar refractivity (Wildman–Crippen MR) is 58.5 cm³/mol. The summed E-state index contributed by atoms with van der Waals surface area (Å²) in [5.74, 6) is 0.316. The van der Waals surface area contributed by atoms with Crippen molar-refractivity contribution in [3.63, 3.8) is 0 Å². The summed E-state index contributed by atoms with van der Waals surface area (Å²) in [6.45, 7) is 6.13. The molecule has 0 fully saturated rings. The van der Waals surface area contributed by atoms with E-state index in [9.17, 15) is 5.11 Å². The van der Waals surface area contributed by atoms with Gasteiger partial charge in [-0.15, -0.1) is 12.4 Å². The van der Waals surface area contributed by atoms with Crippen molar-refractivity contribution in [2.75, 3.05) is 5.73 Å². The summed E-state index contributed by atoms with van der Waals surface area (Å²) < 4.78 is 0. The lowest BCUT2D eigenvalue weighted by Gasteiger charge is -2.20. The first-order valence-corrected chi connectivity index (χ1v) is 4.00. The van der Waals surface area contributed by atoms with Gasteiger partial charge in [0.25, 0.3) is 0 Å². The van der Waals surface area contributed by atoms with E-state index in [4.69, 9.17) is 5.73 Å². The molecule has 0 saturated heterocycles. The van der Waals surface area contributed by atoms with Gasteiger partial charge >= 0.3 is 0 Å². The van der Waals surface area contributed by atoms with Crippen molar-refractivity contribution in [1.82, 2.24) is 0 Å². The molecular weight excluding hydrogens is 186 g/mol. The second-order valence-electron chi connectivity index (χ2n) is 4.03. The minimum atomic E-state index is -0.0561. The number of benzene rings is 1. The molecule has 3 heteroatoms. The van der Waals surface area contributed by atoms with E-state index in [2.05, 4.69) is 0 Å². The highest BCUT2D eigenvalue weighted by Gasteiger charge is 2.17.